The molecule has 2 N–H and O–H groups in total. The van der Waals surface area contributed by atoms with Gasteiger partial charge in [0, 0.05) is 51.6 Å². The van der Waals surface area contributed by atoms with Crippen molar-refractivity contribution in [1.82, 2.24) is 18.8 Å². The molecule has 4 atom stereocenters. The summed E-state index contributed by atoms with van der Waals surface area (Å²) in [5.74, 6) is -0.547. The van der Waals surface area contributed by atoms with E-state index in [-0.39, 0.29) is 60.5 Å². The Morgan fingerprint density at radius 3 is 2.60 bits per heavy atom. The maximum Gasteiger partial charge on any atom is 0.261 e. The van der Waals surface area contributed by atoms with Crippen LogP contribution in [-0.4, -0.2) is 95.7 Å². The lowest BCUT2D eigenvalue weighted by atomic mass is 10.0. The summed E-state index contributed by atoms with van der Waals surface area (Å²) in [7, 11) is -0.683. The van der Waals surface area contributed by atoms with E-state index in [9.17, 15) is 23.1 Å². The topological polar surface area (TPSA) is 143 Å². The molecule has 3 aromatic rings. The van der Waals surface area contributed by atoms with Gasteiger partial charge in [0.2, 0.25) is 5.91 Å². The van der Waals surface area contributed by atoms with Crippen LogP contribution in [0.15, 0.2) is 66.1 Å². The summed E-state index contributed by atoms with van der Waals surface area (Å²) in [6.07, 6.45) is 4.54. The summed E-state index contributed by atoms with van der Waals surface area (Å²) >= 11 is 0. The molecule has 2 aromatic carbocycles. The van der Waals surface area contributed by atoms with Crippen molar-refractivity contribution in [3.05, 3.63) is 72.2 Å². The number of carbonyl (C=O) groups is 2. The second-order valence-electron chi connectivity index (χ2n) is 12.4. The molecule has 0 aliphatic carbocycles. The van der Waals surface area contributed by atoms with Crippen molar-refractivity contribution in [2.75, 3.05) is 38.7 Å². The number of ether oxygens (including phenoxy) is 2. The quantitative estimate of drug-likeness (QED) is 0.351. The predicted molar refractivity (Wildman–Crippen MR) is 179 cm³/mol. The van der Waals surface area contributed by atoms with E-state index in [0.29, 0.717) is 24.5 Å². The fourth-order valence-electron chi connectivity index (χ4n) is 5.48. The highest BCUT2D eigenvalue weighted by atomic mass is 32.2. The summed E-state index contributed by atoms with van der Waals surface area (Å²) < 4.78 is 42.0. The van der Waals surface area contributed by atoms with Crippen molar-refractivity contribution in [2.45, 2.75) is 69.7 Å². The Morgan fingerprint density at radius 2 is 1.91 bits per heavy atom. The van der Waals surface area contributed by atoms with Gasteiger partial charge in [0.1, 0.15) is 5.75 Å². The predicted octanol–water partition coefficient (Wildman–Crippen LogP) is 3.72. The Balaban J connectivity index is 1.62. The zero-order valence-electron chi connectivity index (χ0n) is 27.8. The third kappa shape index (κ3) is 9.63. The molecule has 1 aliphatic heterocycles. The third-order valence-corrected chi connectivity index (χ3v) is 10.0. The number of imidazole rings is 1. The number of fused-ring (bicyclic) bond motifs is 1. The van der Waals surface area contributed by atoms with Crippen LogP contribution in [0.2, 0.25) is 0 Å². The van der Waals surface area contributed by atoms with Crippen LogP contribution in [0.1, 0.15) is 56.0 Å². The molecule has 12 nitrogen and oxygen atoms in total. The summed E-state index contributed by atoms with van der Waals surface area (Å²) in [6, 6.07) is 13.8. The number of amides is 2. The van der Waals surface area contributed by atoms with Crippen molar-refractivity contribution in [3.8, 4) is 5.75 Å². The van der Waals surface area contributed by atoms with Crippen LogP contribution < -0.4 is 10.1 Å². The molecule has 2 heterocycles. The monoisotopic (exact) mass is 669 g/mol. The van der Waals surface area contributed by atoms with Gasteiger partial charge in [-0.25, -0.2) is 13.4 Å². The Kier molecular flexibility index (Phi) is 12.6. The number of rotatable bonds is 9. The van der Waals surface area contributed by atoms with E-state index >= 15 is 0 Å². The number of nitrogens with one attached hydrogen (secondary N) is 1. The number of anilines is 1. The molecule has 0 spiro atoms. The van der Waals surface area contributed by atoms with E-state index in [4.69, 9.17) is 9.47 Å². The Labute approximate surface area is 277 Å². The molecule has 2 amide bonds. The molecule has 4 rings (SSSR count). The van der Waals surface area contributed by atoms with Gasteiger partial charge in [-0.1, -0.05) is 37.3 Å². The van der Waals surface area contributed by atoms with Gasteiger partial charge < -0.3 is 29.4 Å². The minimum Gasteiger partial charge on any atom is -0.490 e. The van der Waals surface area contributed by atoms with Crippen LogP contribution in [0, 0.1) is 5.92 Å². The molecule has 1 aliphatic rings. The number of aryl methyl sites for hydroxylation is 1. The lowest BCUT2D eigenvalue weighted by Gasteiger charge is -2.35. The minimum atomic E-state index is -3.88. The molecule has 1 aromatic heterocycles. The van der Waals surface area contributed by atoms with Gasteiger partial charge in [-0.2, -0.15) is 4.31 Å². The Bertz CT molecular complexity index is 1600. The summed E-state index contributed by atoms with van der Waals surface area (Å²) in [5, 5.41) is 13.0. The number of nitrogens with zero attached hydrogens (tertiary/aromatic N) is 4. The summed E-state index contributed by atoms with van der Waals surface area (Å²) in [6.45, 7) is 5.92. The minimum absolute atomic E-state index is 0.0449. The number of hydrogen-bond acceptors (Lipinski definition) is 8. The Morgan fingerprint density at radius 1 is 1.17 bits per heavy atom. The number of aliphatic hydroxyl groups is 1. The van der Waals surface area contributed by atoms with Crippen LogP contribution in [0.4, 0.5) is 5.69 Å². The molecule has 0 fully saturated rings. The van der Waals surface area contributed by atoms with Gasteiger partial charge in [-0.05, 0) is 56.9 Å². The molecular weight excluding hydrogens is 622 g/mol. The van der Waals surface area contributed by atoms with Gasteiger partial charge >= 0.3 is 0 Å². The van der Waals surface area contributed by atoms with Crippen molar-refractivity contribution >= 4 is 27.5 Å². The SMILES string of the molecule is C[C@@H]1CCCCO[C@@H](CN(C)S(=O)(=O)c2cn(C)cn2)[C@@H](C)CN([C@H](C)CO)C(=O)c2cc(NC(=O)Cc3ccccc3)ccc2O1. The maximum atomic E-state index is 14.3. The highest BCUT2D eigenvalue weighted by Crippen LogP contribution is 2.29. The second-order valence-corrected chi connectivity index (χ2v) is 14.4. The Hall–Kier alpha value is -3.78. The molecule has 47 heavy (non-hydrogen) atoms. The van der Waals surface area contributed by atoms with E-state index in [1.54, 1.807) is 41.6 Å². The van der Waals surface area contributed by atoms with E-state index in [1.807, 2.05) is 44.2 Å². The molecule has 0 saturated heterocycles. The van der Waals surface area contributed by atoms with Gasteiger partial charge in [0.15, 0.2) is 5.03 Å². The van der Waals surface area contributed by atoms with Crippen molar-refractivity contribution in [1.29, 1.82) is 0 Å². The van der Waals surface area contributed by atoms with Crippen molar-refractivity contribution in [3.63, 3.8) is 0 Å². The first-order valence-electron chi connectivity index (χ1n) is 16.0. The first kappa shape index (κ1) is 36.1. The average molecular weight is 670 g/mol. The standard InChI is InChI=1S/C34H47N5O7S/c1-24-19-39(25(2)22-40)34(42)29-18-28(36-32(41)17-27-12-7-6-8-13-27)14-15-30(29)46-26(3)11-9-10-16-45-31(24)20-38(5)47(43,44)33-21-37(4)23-35-33/h6-8,12-15,18,21,23-26,31,40H,9-11,16-17,19-20,22H2,1-5H3,(H,36,41)/t24-,25+,26+,31-/m0/s1. The average Bonchev–Trinajstić information content (AvgIpc) is 3.49. The largest absolute Gasteiger partial charge is 0.490 e. The smallest absolute Gasteiger partial charge is 0.261 e. The number of likely N-dealkylation sites (N-methyl/N-ethyl adjacent to an activating group) is 1. The number of benzene rings is 2. The van der Waals surface area contributed by atoms with Crippen LogP contribution in [0.3, 0.4) is 0 Å². The lowest BCUT2D eigenvalue weighted by molar-refractivity contribution is -0.115. The number of hydrogen-bond donors (Lipinski definition) is 2. The fourth-order valence-corrected chi connectivity index (χ4v) is 6.62. The molecule has 256 valence electrons. The lowest BCUT2D eigenvalue weighted by Crippen LogP contribution is -2.48. The summed E-state index contributed by atoms with van der Waals surface area (Å²) in [4.78, 5) is 32.8. The van der Waals surface area contributed by atoms with Crippen LogP contribution in [0.5, 0.6) is 5.75 Å². The molecule has 0 saturated carbocycles. The van der Waals surface area contributed by atoms with E-state index in [0.717, 1.165) is 18.4 Å². The highest BCUT2D eigenvalue weighted by Gasteiger charge is 2.33. The van der Waals surface area contributed by atoms with E-state index < -0.39 is 22.2 Å². The maximum absolute atomic E-state index is 14.3. The van der Waals surface area contributed by atoms with Gasteiger partial charge in [0.05, 0.1) is 43.2 Å². The van der Waals surface area contributed by atoms with Crippen molar-refractivity contribution < 1.29 is 32.6 Å². The first-order valence-corrected chi connectivity index (χ1v) is 17.4. The normalized spacial score (nSPS) is 20.6. The van der Waals surface area contributed by atoms with Gasteiger partial charge in [-0.15, -0.1) is 0 Å². The zero-order chi connectivity index (χ0) is 34.1. The van der Waals surface area contributed by atoms with Crippen LogP contribution in [-0.2, 0) is 33.0 Å². The third-order valence-electron chi connectivity index (χ3n) is 8.34. The highest BCUT2D eigenvalue weighted by molar-refractivity contribution is 7.89. The fraction of sp³-hybridized carbons (Fsp3) is 0.500. The number of carbonyl (C=O) groups excluding carboxylic acids is 2. The number of aliphatic hydroxyl groups excluding tert-OH is 1. The van der Waals surface area contributed by atoms with Crippen molar-refractivity contribution in [2.24, 2.45) is 13.0 Å². The zero-order valence-corrected chi connectivity index (χ0v) is 28.7. The van der Waals surface area contributed by atoms with E-state index in [1.165, 1.54) is 23.9 Å². The van der Waals surface area contributed by atoms with Crippen LogP contribution in [0.25, 0.3) is 0 Å². The molecule has 0 bridgehead atoms. The second kappa shape index (κ2) is 16.4. The van der Waals surface area contributed by atoms with Crippen LogP contribution >= 0.6 is 0 Å². The first-order chi connectivity index (χ1) is 22.4. The van der Waals surface area contributed by atoms with E-state index in [2.05, 4.69) is 10.3 Å². The summed E-state index contributed by atoms with van der Waals surface area (Å²) in [5.41, 5.74) is 1.57. The number of sulfonamides is 1. The molecular formula is C34H47N5O7S. The number of aromatic nitrogens is 2. The van der Waals surface area contributed by atoms with Gasteiger partial charge in [0.25, 0.3) is 15.9 Å². The molecule has 13 heteroatoms. The molecule has 0 unspecified atom stereocenters. The van der Waals surface area contributed by atoms with Gasteiger partial charge in [-0.3, -0.25) is 9.59 Å². The molecule has 0 radical (unpaired) electrons.